The smallest absolute Gasteiger partial charge is 0.0587 e. The number of halogens is 1. The minimum Gasteiger partial charge on any atom is -0.383 e. The first kappa shape index (κ1) is 16.8. The van der Waals surface area contributed by atoms with Gasteiger partial charge in [0, 0.05) is 43.4 Å². The number of hydrogen-bond acceptors (Lipinski definition) is 3. The topological polar surface area (TPSA) is 24.5 Å². The third-order valence-electron chi connectivity index (χ3n) is 4.18. The standard InChI is InChI=1S/C17H27BrN2O/c1-3-4-14-7-9-20(13-14)16-6-5-15(17(18)11-16)12-19-8-10-21-2/h5-6,11,14,19H,3-4,7-10,12-13H2,1-2H3. The van der Waals surface area contributed by atoms with E-state index in [4.69, 9.17) is 4.74 Å². The molecule has 1 saturated heterocycles. The van der Waals surface area contributed by atoms with E-state index >= 15 is 0 Å². The molecule has 1 unspecified atom stereocenters. The van der Waals surface area contributed by atoms with Crippen LogP contribution in [0.5, 0.6) is 0 Å². The van der Waals surface area contributed by atoms with Crippen molar-refractivity contribution in [1.82, 2.24) is 5.32 Å². The molecule has 0 aromatic heterocycles. The quantitative estimate of drug-likeness (QED) is 0.718. The van der Waals surface area contributed by atoms with Crippen LogP contribution in [0.1, 0.15) is 31.7 Å². The molecule has 0 amide bonds. The lowest BCUT2D eigenvalue weighted by atomic mass is 10.0. The maximum atomic E-state index is 5.05. The lowest BCUT2D eigenvalue weighted by Crippen LogP contribution is -2.20. The van der Waals surface area contributed by atoms with Crippen molar-refractivity contribution in [3.05, 3.63) is 28.2 Å². The lowest BCUT2D eigenvalue weighted by molar-refractivity contribution is 0.199. The molecule has 0 spiro atoms. The maximum absolute atomic E-state index is 5.05. The van der Waals surface area contributed by atoms with Crippen molar-refractivity contribution < 1.29 is 4.74 Å². The third-order valence-corrected chi connectivity index (χ3v) is 4.92. The fourth-order valence-electron chi connectivity index (χ4n) is 2.98. The van der Waals surface area contributed by atoms with Crippen molar-refractivity contribution in [3.8, 4) is 0 Å². The van der Waals surface area contributed by atoms with Crippen molar-refractivity contribution >= 4 is 21.6 Å². The Morgan fingerprint density at radius 1 is 1.43 bits per heavy atom. The van der Waals surface area contributed by atoms with E-state index in [-0.39, 0.29) is 0 Å². The maximum Gasteiger partial charge on any atom is 0.0587 e. The number of nitrogens with zero attached hydrogens (tertiary/aromatic N) is 1. The van der Waals surface area contributed by atoms with Crippen LogP contribution in [0.3, 0.4) is 0 Å². The van der Waals surface area contributed by atoms with Crippen molar-refractivity contribution in [3.63, 3.8) is 0 Å². The van der Waals surface area contributed by atoms with E-state index in [2.05, 4.69) is 51.3 Å². The van der Waals surface area contributed by atoms with Gasteiger partial charge >= 0.3 is 0 Å². The van der Waals surface area contributed by atoms with Crippen LogP contribution in [0, 0.1) is 5.92 Å². The second-order valence-corrected chi connectivity index (χ2v) is 6.69. The van der Waals surface area contributed by atoms with Gasteiger partial charge in [-0.05, 0) is 36.5 Å². The first-order chi connectivity index (χ1) is 10.2. The van der Waals surface area contributed by atoms with Gasteiger partial charge in [-0.3, -0.25) is 0 Å². The Morgan fingerprint density at radius 3 is 3.00 bits per heavy atom. The highest BCUT2D eigenvalue weighted by Crippen LogP contribution is 2.29. The molecule has 2 rings (SSSR count). The van der Waals surface area contributed by atoms with Gasteiger partial charge in [0.15, 0.2) is 0 Å². The van der Waals surface area contributed by atoms with Gasteiger partial charge in [0.2, 0.25) is 0 Å². The Morgan fingerprint density at radius 2 is 2.29 bits per heavy atom. The van der Waals surface area contributed by atoms with E-state index in [1.807, 2.05) is 0 Å². The number of hydrogen-bond donors (Lipinski definition) is 1. The van der Waals surface area contributed by atoms with E-state index in [9.17, 15) is 0 Å². The lowest BCUT2D eigenvalue weighted by Gasteiger charge is -2.20. The number of anilines is 1. The molecule has 0 radical (unpaired) electrons. The van der Waals surface area contributed by atoms with E-state index in [1.54, 1.807) is 7.11 Å². The fraction of sp³-hybridized carbons (Fsp3) is 0.647. The Hall–Kier alpha value is -0.580. The first-order valence-corrected chi connectivity index (χ1v) is 8.77. The van der Waals surface area contributed by atoms with Gasteiger partial charge in [-0.2, -0.15) is 0 Å². The van der Waals surface area contributed by atoms with Crippen LogP contribution in [0.25, 0.3) is 0 Å². The SMILES string of the molecule is CCCC1CCN(c2ccc(CNCCOC)c(Br)c2)C1. The minimum atomic E-state index is 0.752. The third kappa shape index (κ3) is 4.97. The molecule has 1 heterocycles. The highest BCUT2D eigenvalue weighted by atomic mass is 79.9. The van der Waals surface area contributed by atoms with Gasteiger partial charge in [-0.15, -0.1) is 0 Å². The molecular weight excluding hydrogens is 328 g/mol. The van der Waals surface area contributed by atoms with Crippen molar-refractivity contribution in [2.75, 3.05) is 38.3 Å². The molecule has 1 atom stereocenters. The molecule has 1 aromatic carbocycles. The highest BCUT2D eigenvalue weighted by Gasteiger charge is 2.22. The Labute approximate surface area is 137 Å². The zero-order valence-electron chi connectivity index (χ0n) is 13.2. The predicted octanol–water partition coefficient (Wildman–Crippen LogP) is 3.81. The second-order valence-electron chi connectivity index (χ2n) is 5.83. The number of benzene rings is 1. The molecule has 1 N–H and O–H groups in total. The molecule has 3 nitrogen and oxygen atoms in total. The highest BCUT2D eigenvalue weighted by molar-refractivity contribution is 9.10. The van der Waals surface area contributed by atoms with Crippen LogP contribution in [0.2, 0.25) is 0 Å². The minimum absolute atomic E-state index is 0.752. The molecule has 0 saturated carbocycles. The van der Waals surface area contributed by atoms with E-state index < -0.39 is 0 Å². The van der Waals surface area contributed by atoms with Crippen molar-refractivity contribution in [2.45, 2.75) is 32.7 Å². The number of ether oxygens (including phenoxy) is 1. The summed E-state index contributed by atoms with van der Waals surface area (Å²) in [6.45, 7) is 7.21. The molecule has 4 heteroatoms. The summed E-state index contributed by atoms with van der Waals surface area (Å²) >= 11 is 3.71. The second kappa shape index (κ2) is 8.76. The molecular formula is C17H27BrN2O. The van der Waals surface area contributed by atoms with Crippen LogP contribution in [0.4, 0.5) is 5.69 Å². The Kier molecular flexibility index (Phi) is 7.00. The molecule has 21 heavy (non-hydrogen) atoms. The van der Waals surface area contributed by atoms with Crippen LogP contribution in [0.15, 0.2) is 22.7 Å². The molecule has 1 fully saturated rings. The van der Waals surface area contributed by atoms with Crippen LogP contribution in [-0.4, -0.2) is 33.4 Å². The molecule has 1 aliphatic rings. The Bertz CT molecular complexity index is 439. The predicted molar refractivity (Wildman–Crippen MR) is 93.0 cm³/mol. The molecule has 1 aliphatic heterocycles. The van der Waals surface area contributed by atoms with Crippen LogP contribution >= 0.6 is 15.9 Å². The first-order valence-electron chi connectivity index (χ1n) is 7.97. The summed E-state index contributed by atoms with van der Waals surface area (Å²) in [5.74, 6) is 0.879. The number of methoxy groups -OCH3 is 1. The van der Waals surface area contributed by atoms with Gasteiger partial charge in [-0.1, -0.05) is 35.3 Å². The summed E-state index contributed by atoms with van der Waals surface area (Å²) in [6.07, 6.45) is 4.00. The van der Waals surface area contributed by atoms with Gasteiger partial charge in [0.25, 0.3) is 0 Å². The van der Waals surface area contributed by atoms with E-state index in [0.717, 1.165) is 25.6 Å². The molecule has 0 aliphatic carbocycles. The van der Waals surface area contributed by atoms with Crippen molar-refractivity contribution in [2.24, 2.45) is 5.92 Å². The largest absolute Gasteiger partial charge is 0.383 e. The van der Waals surface area contributed by atoms with E-state index in [1.165, 1.54) is 48.1 Å². The fourth-order valence-corrected chi connectivity index (χ4v) is 3.49. The van der Waals surface area contributed by atoms with Crippen LogP contribution < -0.4 is 10.2 Å². The van der Waals surface area contributed by atoms with Crippen molar-refractivity contribution in [1.29, 1.82) is 0 Å². The average Bonchev–Trinajstić information content (AvgIpc) is 2.94. The summed E-state index contributed by atoms with van der Waals surface area (Å²) < 4.78 is 6.24. The van der Waals surface area contributed by atoms with Gasteiger partial charge in [0.1, 0.15) is 0 Å². The summed E-state index contributed by atoms with van der Waals surface area (Å²) in [4.78, 5) is 2.52. The normalized spacial score (nSPS) is 18.4. The summed E-state index contributed by atoms with van der Waals surface area (Å²) in [7, 11) is 1.73. The van der Waals surface area contributed by atoms with Crippen LogP contribution in [-0.2, 0) is 11.3 Å². The van der Waals surface area contributed by atoms with Gasteiger partial charge in [-0.25, -0.2) is 0 Å². The average molecular weight is 355 g/mol. The van der Waals surface area contributed by atoms with Gasteiger partial charge < -0.3 is 15.0 Å². The summed E-state index contributed by atoms with van der Waals surface area (Å²) in [5.41, 5.74) is 2.65. The zero-order valence-corrected chi connectivity index (χ0v) is 14.8. The number of rotatable bonds is 8. The number of nitrogens with one attached hydrogen (secondary N) is 1. The molecule has 0 bridgehead atoms. The Balaban J connectivity index is 1.90. The van der Waals surface area contributed by atoms with E-state index in [0.29, 0.717) is 0 Å². The van der Waals surface area contributed by atoms with Gasteiger partial charge in [0.05, 0.1) is 6.61 Å². The summed E-state index contributed by atoms with van der Waals surface area (Å²) in [6, 6.07) is 6.75. The summed E-state index contributed by atoms with van der Waals surface area (Å²) in [5, 5.41) is 3.39. The molecule has 118 valence electrons. The monoisotopic (exact) mass is 354 g/mol. The molecule has 1 aromatic rings. The zero-order chi connectivity index (χ0) is 15.1.